The van der Waals surface area contributed by atoms with Crippen LogP contribution in [0, 0.1) is 6.92 Å². The van der Waals surface area contributed by atoms with E-state index in [9.17, 15) is 9.59 Å². The van der Waals surface area contributed by atoms with Gasteiger partial charge in [-0.3, -0.25) is 9.59 Å². The molecule has 0 unspecified atom stereocenters. The molecule has 0 aliphatic heterocycles. The Hall–Kier alpha value is -2.01. The van der Waals surface area contributed by atoms with Crippen molar-refractivity contribution in [1.82, 2.24) is 4.98 Å². The first kappa shape index (κ1) is 12.4. The number of nitrogens with zero attached hydrogens (tertiary/aromatic N) is 1. The monoisotopic (exact) mass is 260 g/mol. The number of aryl methyl sites for hydroxylation is 1. The highest BCUT2D eigenvalue weighted by atomic mass is 32.1. The maximum absolute atomic E-state index is 11.9. The summed E-state index contributed by atoms with van der Waals surface area (Å²) in [5, 5.41) is 3.59. The minimum absolute atomic E-state index is 0.0280. The van der Waals surface area contributed by atoms with E-state index >= 15 is 0 Å². The van der Waals surface area contributed by atoms with Crippen molar-refractivity contribution in [2.75, 3.05) is 5.32 Å². The molecule has 2 aromatic rings. The lowest BCUT2D eigenvalue weighted by Gasteiger charge is -2.04. The maximum atomic E-state index is 11.9. The Labute approximate surface area is 109 Å². The lowest BCUT2D eigenvalue weighted by molar-refractivity contribution is 0.101. The van der Waals surface area contributed by atoms with Crippen molar-refractivity contribution in [1.29, 1.82) is 0 Å². The molecule has 1 aromatic heterocycles. The second kappa shape index (κ2) is 5.10. The van der Waals surface area contributed by atoms with Gasteiger partial charge in [-0.05, 0) is 26.0 Å². The summed E-state index contributed by atoms with van der Waals surface area (Å²) in [5.74, 6) is -0.235. The van der Waals surface area contributed by atoms with Gasteiger partial charge in [0, 0.05) is 11.3 Å². The lowest BCUT2D eigenvalue weighted by atomic mass is 10.1. The first-order chi connectivity index (χ1) is 8.56. The second-order valence-electron chi connectivity index (χ2n) is 3.83. The molecule has 0 fully saturated rings. The van der Waals surface area contributed by atoms with Crippen molar-refractivity contribution in [2.45, 2.75) is 13.8 Å². The van der Waals surface area contributed by atoms with Gasteiger partial charge in [0.25, 0.3) is 5.91 Å². The molecule has 0 aliphatic carbocycles. The number of aromatic nitrogens is 1. The van der Waals surface area contributed by atoms with Gasteiger partial charge in [-0.15, -0.1) is 11.3 Å². The van der Waals surface area contributed by atoms with E-state index in [0.29, 0.717) is 16.1 Å². The number of Topliss-reactive ketones (excluding diaryl/α,β-unsaturated/α-hetero) is 1. The molecule has 4 nitrogen and oxygen atoms in total. The molecule has 18 heavy (non-hydrogen) atoms. The fraction of sp³-hybridized carbons (Fsp3) is 0.154. The van der Waals surface area contributed by atoms with Crippen molar-refractivity contribution in [3.63, 3.8) is 0 Å². The largest absolute Gasteiger partial charge is 0.321 e. The van der Waals surface area contributed by atoms with Crippen LogP contribution in [0.2, 0.25) is 0 Å². The van der Waals surface area contributed by atoms with Gasteiger partial charge >= 0.3 is 0 Å². The topological polar surface area (TPSA) is 59.1 Å². The van der Waals surface area contributed by atoms with Crippen LogP contribution in [0.25, 0.3) is 0 Å². The molecule has 0 bridgehead atoms. The average molecular weight is 260 g/mol. The number of hydrogen-bond acceptors (Lipinski definition) is 4. The Morgan fingerprint density at radius 1 is 1.33 bits per heavy atom. The van der Waals surface area contributed by atoms with E-state index in [-0.39, 0.29) is 11.7 Å². The Kier molecular flexibility index (Phi) is 3.53. The number of anilines is 1. The summed E-state index contributed by atoms with van der Waals surface area (Å²) >= 11 is 1.34. The predicted molar refractivity (Wildman–Crippen MR) is 71.3 cm³/mol. The quantitative estimate of drug-likeness (QED) is 0.863. The molecular formula is C13H12N2O2S. The number of carbonyl (C=O) groups excluding carboxylic acids is 2. The molecule has 0 atom stereocenters. The summed E-state index contributed by atoms with van der Waals surface area (Å²) in [5.41, 5.74) is 1.19. The zero-order valence-corrected chi connectivity index (χ0v) is 10.9. The first-order valence-electron chi connectivity index (χ1n) is 5.41. The number of nitrogens with one attached hydrogen (secondary N) is 1. The fourth-order valence-electron chi connectivity index (χ4n) is 1.47. The predicted octanol–water partition coefficient (Wildman–Crippen LogP) is 2.91. The van der Waals surface area contributed by atoms with Gasteiger partial charge in [-0.2, -0.15) is 0 Å². The van der Waals surface area contributed by atoms with Crippen LogP contribution in [-0.4, -0.2) is 16.7 Å². The van der Waals surface area contributed by atoms with Crippen LogP contribution in [-0.2, 0) is 0 Å². The van der Waals surface area contributed by atoms with Gasteiger partial charge in [0.2, 0.25) is 0 Å². The van der Waals surface area contributed by atoms with E-state index in [0.717, 1.165) is 5.01 Å². The van der Waals surface area contributed by atoms with Gasteiger partial charge in [0.15, 0.2) is 5.78 Å². The van der Waals surface area contributed by atoms with Crippen LogP contribution in [0.4, 0.5) is 5.69 Å². The molecule has 0 spiro atoms. The first-order valence-corrected chi connectivity index (χ1v) is 6.22. The number of carbonyl (C=O) groups is 2. The Morgan fingerprint density at radius 3 is 2.72 bits per heavy atom. The van der Waals surface area contributed by atoms with Crippen LogP contribution < -0.4 is 5.32 Å². The molecule has 1 N–H and O–H groups in total. The van der Waals surface area contributed by atoms with Crippen LogP contribution in [0.5, 0.6) is 0 Å². The molecular weight excluding hydrogens is 248 g/mol. The minimum atomic E-state index is -0.207. The van der Waals surface area contributed by atoms with E-state index in [1.165, 1.54) is 18.3 Å². The van der Waals surface area contributed by atoms with E-state index < -0.39 is 0 Å². The third-order valence-corrected chi connectivity index (χ3v) is 3.28. The fourth-order valence-corrected chi connectivity index (χ4v) is 2.15. The number of rotatable bonds is 3. The summed E-state index contributed by atoms with van der Waals surface area (Å²) in [7, 11) is 0. The molecule has 1 heterocycles. The van der Waals surface area contributed by atoms with Gasteiger partial charge < -0.3 is 5.32 Å². The average Bonchev–Trinajstić information content (AvgIpc) is 2.76. The molecule has 5 heteroatoms. The van der Waals surface area contributed by atoms with Gasteiger partial charge in [0.1, 0.15) is 4.88 Å². The lowest BCUT2D eigenvalue weighted by Crippen LogP contribution is -2.10. The normalized spacial score (nSPS) is 10.1. The van der Waals surface area contributed by atoms with E-state index in [2.05, 4.69) is 10.3 Å². The third kappa shape index (κ3) is 2.81. The number of thiazole rings is 1. The van der Waals surface area contributed by atoms with Gasteiger partial charge in [-0.1, -0.05) is 12.1 Å². The summed E-state index contributed by atoms with van der Waals surface area (Å²) < 4.78 is 0. The second-order valence-corrected chi connectivity index (χ2v) is 5.07. The molecule has 0 radical (unpaired) electrons. The Bertz CT molecular complexity index is 605. The van der Waals surface area contributed by atoms with E-state index in [1.807, 2.05) is 6.92 Å². The minimum Gasteiger partial charge on any atom is -0.321 e. The van der Waals surface area contributed by atoms with E-state index in [1.54, 1.807) is 30.5 Å². The number of amides is 1. The van der Waals surface area contributed by atoms with Crippen molar-refractivity contribution in [3.8, 4) is 0 Å². The van der Waals surface area contributed by atoms with Crippen LogP contribution in [0.3, 0.4) is 0 Å². The Morgan fingerprint density at radius 2 is 2.11 bits per heavy atom. The van der Waals surface area contributed by atoms with Gasteiger partial charge in [0.05, 0.1) is 11.2 Å². The molecule has 1 amide bonds. The van der Waals surface area contributed by atoms with Gasteiger partial charge in [-0.25, -0.2) is 4.98 Å². The zero-order valence-electron chi connectivity index (χ0n) is 10.1. The van der Waals surface area contributed by atoms with Crippen LogP contribution in [0.1, 0.15) is 32.0 Å². The molecule has 0 saturated carbocycles. The maximum Gasteiger partial charge on any atom is 0.267 e. The van der Waals surface area contributed by atoms with E-state index in [4.69, 9.17) is 0 Å². The molecule has 2 rings (SSSR count). The smallest absolute Gasteiger partial charge is 0.267 e. The van der Waals surface area contributed by atoms with Crippen molar-refractivity contribution in [3.05, 3.63) is 45.9 Å². The number of benzene rings is 1. The summed E-state index contributed by atoms with van der Waals surface area (Å²) in [6.45, 7) is 3.34. The summed E-state index contributed by atoms with van der Waals surface area (Å²) in [6, 6.07) is 6.87. The third-order valence-electron chi connectivity index (χ3n) is 2.37. The SMILES string of the molecule is CC(=O)c1cccc(NC(=O)c2cnc(C)s2)c1. The van der Waals surface area contributed by atoms with Crippen molar-refractivity contribution in [2.24, 2.45) is 0 Å². The Balaban J connectivity index is 2.16. The highest BCUT2D eigenvalue weighted by molar-refractivity contribution is 7.13. The summed E-state index contributed by atoms with van der Waals surface area (Å²) in [6.07, 6.45) is 1.55. The molecule has 0 aliphatic rings. The van der Waals surface area contributed by atoms with Crippen molar-refractivity contribution < 1.29 is 9.59 Å². The standard InChI is InChI=1S/C13H12N2O2S/c1-8(16)10-4-3-5-11(6-10)15-13(17)12-7-14-9(2)18-12/h3-7H,1-2H3,(H,15,17). The van der Waals surface area contributed by atoms with Crippen LogP contribution in [0.15, 0.2) is 30.5 Å². The zero-order chi connectivity index (χ0) is 13.1. The summed E-state index contributed by atoms with van der Waals surface area (Å²) in [4.78, 5) is 27.7. The van der Waals surface area contributed by atoms with Crippen molar-refractivity contribution >= 4 is 28.7 Å². The highest BCUT2D eigenvalue weighted by Gasteiger charge is 2.09. The number of hydrogen-bond donors (Lipinski definition) is 1. The molecule has 1 aromatic carbocycles. The molecule has 0 saturated heterocycles. The highest BCUT2D eigenvalue weighted by Crippen LogP contribution is 2.16. The number of ketones is 1. The van der Waals surface area contributed by atoms with Crippen LogP contribution >= 0.6 is 11.3 Å². The molecule has 92 valence electrons.